The van der Waals surface area contributed by atoms with Gasteiger partial charge in [-0.2, -0.15) is 0 Å². The summed E-state index contributed by atoms with van der Waals surface area (Å²) >= 11 is 0. The maximum absolute atomic E-state index is 14.1. The Hall–Kier alpha value is -3.11. The van der Waals surface area contributed by atoms with Crippen molar-refractivity contribution in [1.82, 2.24) is 0 Å². The molecule has 0 radical (unpaired) electrons. The topological polar surface area (TPSA) is 0 Å². The Labute approximate surface area is 167 Å². The number of hydrogen-bond donors (Lipinski definition) is 0. The van der Waals surface area contributed by atoms with Gasteiger partial charge in [0.2, 0.25) is 0 Å². The Morgan fingerprint density at radius 1 is 0.821 bits per heavy atom. The number of benzene rings is 3. The number of halogens is 1. The van der Waals surface area contributed by atoms with Gasteiger partial charge >= 0.3 is 0 Å². The van der Waals surface area contributed by atoms with Gasteiger partial charge in [0.15, 0.2) is 0 Å². The lowest BCUT2D eigenvalue weighted by Crippen LogP contribution is -1.86. The molecular formula is C27H25F. The minimum atomic E-state index is -0.191. The van der Waals surface area contributed by atoms with Crippen LogP contribution >= 0.6 is 0 Å². The van der Waals surface area contributed by atoms with Crippen molar-refractivity contribution in [3.8, 4) is 23.0 Å². The van der Waals surface area contributed by atoms with E-state index in [2.05, 4.69) is 55.2 Å². The summed E-state index contributed by atoms with van der Waals surface area (Å²) in [6, 6.07) is 21.5. The summed E-state index contributed by atoms with van der Waals surface area (Å²) in [5, 5.41) is 0. The molecule has 1 heteroatoms. The van der Waals surface area contributed by atoms with Crippen LogP contribution in [0.2, 0.25) is 0 Å². The fraction of sp³-hybridized carbons (Fsp3) is 0.185. The number of allylic oxidation sites excluding steroid dienone is 2. The van der Waals surface area contributed by atoms with Gasteiger partial charge in [0.05, 0.1) is 0 Å². The van der Waals surface area contributed by atoms with E-state index in [0.29, 0.717) is 5.56 Å². The van der Waals surface area contributed by atoms with Crippen molar-refractivity contribution >= 4 is 0 Å². The van der Waals surface area contributed by atoms with Gasteiger partial charge in [-0.3, -0.25) is 0 Å². The Kier molecular flexibility index (Phi) is 6.82. The molecule has 0 N–H and O–H groups in total. The number of aryl methyl sites for hydroxylation is 2. The summed E-state index contributed by atoms with van der Waals surface area (Å²) in [6.45, 7) is 4.04. The fourth-order valence-corrected chi connectivity index (χ4v) is 3.02. The van der Waals surface area contributed by atoms with Gasteiger partial charge in [-0.25, -0.2) is 4.39 Å². The second-order valence-corrected chi connectivity index (χ2v) is 6.93. The van der Waals surface area contributed by atoms with Gasteiger partial charge in [0.1, 0.15) is 5.82 Å². The molecule has 0 aliphatic rings. The van der Waals surface area contributed by atoms with Crippen LogP contribution in [-0.4, -0.2) is 0 Å². The SMILES string of the molecule is CC/C=C/CCc1ccc(C#Cc2ccc(-c3ccc(C)cc3F)cc2)cc1. The molecule has 3 aromatic rings. The lowest BCUT2D eigenvalue weighted by molar-refractivity contribution is 0.630. The summed E-state index contributed by atoms with van der Waals surface area (Å²) in [5.41, 5.74) is 5.66. The molecule has 0 aliphatic heterocycles. The Morgan fingerprint density at radius 2 is 1.46 bits per heavy atom. The maximum atomic E-state index is 14.1. The van der Waals surface area contributed by atoms with Gasteiger partial charge in [-0.15, -0.1) is 0 Å². The van der Waals surface area contributed by atoms with E-state index in [1.807, 2.05) is 43.3 Å². The molecule has 0 fully saturated rings. The van der Waals surface area contributed by atoms with Gasteiger partial charge < -0.3 is 0 Å². The van der Waals surface area contributed by atoms with Crippen LogP contribution in [-0.2, 0) is 6.42 Å². The van der Waals surface area contributed by atoms with Crippen LogP contribution in [0.1, 0.15) is 42.0 Å². The summed E-state index contributed by atoms with van der Waals surface area (Å²) in [7, 11) is 0. The zero-order chi connectivity index (χ0) is 19.8. The van der Waals surface area contributed by atoms with E-state index >= 15 is 0 Å². The standard InChI is InChI=1S/C27H25F/c1-3-4-5-6-7-22-9-11-23(12-10-22)13-14-24-15-17-25(18-16-24)26-19-8-21(2)20-27(26)28/h4-5,8-12,15-20H,3,6-7H2,1-2H3/b5-4+. The molecule has 0 saturated heterocycles. The molecule has 0 bridgehead atoms. The molecular weight excluding hydrogens is 343 g/mol. The molecule has 0 spiro atoms. The van der Waals surface area contributed by atoms with E-state index in [1.54, 1.807) is 6.07 Å². The smallest absolute Gasteiger partial charge is 0.131 e. The van der Waals surface area contributed by atoms with Gasteiger partial charge in [0.25, 0.3) is 0 Å². The van der Waals surface area contributed by atoms with Crippen molar-refractivity contribution in [3.63, 3.8) is 0 Å². The Morgan fingerprint density at radius 3 is 2.07 bits per heavy atom. The normalized spacial score (nSPS) is 10.7. The van der Waals surface area contributed by atoms with Crippen molar-refractivity contribution in [2.75, 3.05) is 0 Å². The summed E-state index contributed by atoms with van der Waals surface area (Å²) in [6.07, 6.45) is 7.67. The van der Waals surface area contributed by atoms with E-state index in [1.165, 1.54) is 5.56 Å². The van der Waals surface area contributed by atoms with Crippen LogP contribution in [0.4, 0.5) is 4.39 Å². The molecule has 0 aliphatic carbocycles. The van der Waals surface area contributed by atoms with Crippen molar-refractivity contribution in [2.24, 2.45) is 0 Å². The van der Waals surface area contributed by atoms with Gasteiger partial charge in [-0.05, 0) is 73.2 Å². The molecule has 0 aromatic heterocycles. The van der Waals surface area contributed by atoms with Crippen LogP contribution in [0.25, 0.3) is 11.1 Å². The third kappa shape index (κ3) is 5.44. The molecule has 0 nitrogen and oxygen atoms in total. The average Bonchev–Trinajstić information content (AvgIpc) is 2.71. The molecule has 0 atom stereocenters. The van der Waals surface area contributed by atoms with Crippen LogP contribution < -0.4 is 0 Å². The third-order valence-corrected chi connectivity index (χ3v) is 4.63. The van der Waals surface area contributed by atoms with Crippen molar-refractivity contribution in [1.29, 1.82) is 0 Å². The molecule has 0 saturated carbocycles. The monoisotopic (exact) mass is 368 g/mol. The lowest BCUT2D eigenvalue weighted by Gasteiger charge is -2.04. The molecule has 0 heterocycles. The minimum absolute atomic E-state index is 0.191. The van der Waals surface area contributed by atoms with Crippen LogP contribution in [0, 0.1) is 24.6 Å². The summed E-state index contributed by atoms with van der Waals surface area (Å²) in [5.74, 6) is 6.20. The first kappa shape index (κ1) is 19.6. The highest BCUT2D eigenvalue weighted by Crippen LogP contribution is 2.23. The second kappa shape index (κ2) is 9.72. The summed E-state index contributed by atoms with van der Waals surface area (Å²) in [4.78, 5) is 0. The molecule has 3 rings (SSSR count). The van der Waals surface area contributed by atoms with E-state index in [9.17, 15) is 4.39 Å². The highest BCUT2D eigenvalue weighted by molar-refractivity contribution is 5.65. The lowest BCUT2D eigenvalue weighted by atomic mass is 10.0. The van der Waals surface area contributed by atoms with Gasteiger partial charge in [-0.1, -0.05) is 67.3 Å². The summed E-state index contributed by atoms with van der Waals surface area (Å²) < 4.78 is 14.1. The first-order valence-electron chi connectivity index (χ1n) is 9.78. The molecule has 0 amide bonds. The quantitative estimate of drug-likeness (QED) is 0.333. The van der Waals surface area contributed by atoms with E-state index in [4.69, 9.17) is 0 Å². The maximum Gasteiger partial charge on any atom is 0.131 e. The van der Waals surface area contributed by atoms with E-state index < -0.39 is 0 Å². The van der Waals surface area contributed by atoms with Crippen LogP contribution in [0.5, 0.6) is 0 Å². The number of hydrogen-bond acceptors (Lipinski definition) is 0. The molecule has 0 unspecified atom stereocenters. The third-order valence-electron chi connectivity index (χ3n) is 4.63. The zero-order valence-corrected chi connectivity index (χ0v) is 16.5. The van der Waals surface area contributed by atoms with E-state index in [0.717, 1.165) is 41.5 Å². The highest BCUT2D eigenvalue weighted by atomic mass is 19.1. The largest absolute Gasteiger partial charge is 0.206 e. The van der Waals surface area contributed by atoms with Crippen LogP contribution in [0.15, 0.2) is 78.9 Å². The Bertz CT molecular complexity index is 997. The minimum Gasteiger partial charge on any atom is -0.206 e. The predicted molar refractivity (Wildman–Crippen MR) is 117 cm³/mol. The number of rotatable bonds is 5. The van der Waals surface area contributed by atoms with Crippen molar-refractivity contribution in [2.45, 2.75) is 33.1 Å². The highest BCUT2D eigenvalue weighted by Gasteiger charge is 2.04. The van der Waals surface area contributed by atoms with Gasteiger partial charge in [0, 0.05) is 16.7 Å². The van der Waals surface area contributed by atoms with Crippen molar-refractivity contribution < 1.29 is 4.39 Å². The zero-order valence-electron chi connectivity index (χ0n) is 16.5. The second-order valence-electron chi connectivity index (χ2n) is 6.93. The average molecular weight is 368 g/mol. The first-order chi connectivity index (χ1) is 13.7. The Balaban J connectivity index is 1.66. The molecule has 3 aromatic carbocycles. The van der Waals surface area contributed by atoms with E-state index in [-0.39, 0.29) is 5.82 Å². The predicted octanol–water partition coefficient (Wildman–Crippen LogP) is 7.10. The van der Waals surface area contributed by atoms with Crippen LogP contribution in [0.3, 0.4) is 0 Å². The fourth-order valence-electron chi connectivity index (χ4n) is 3.02. The first-order valence-corrected chi connectivity index (χ1v) is 9.78. The molecule has 28 heavy (non-hydrogen) atoms. The molecule has 140 valence electrons. The van der Waals surface area contributed by atoms with Crippen molar-refractivity contribution in [3.05, 3.63) is 107 Å².